The third-order valence-electron chi connectivity index (χ3n) is 3.95. The maximum atomic E-state index is 12.4. The molecule has 3 rings (SSSR count). The van der Waals surface area contributed by atoms with Crippen LogP contribution >= 0.6 is 11.6 Å². The van der Waals surface area contributed by atoms with E-state index in [1.165, 1.54) is 0 Å². The van der Waals surface area contributed by atoms with Crippen LogP contribution in [-0.2, 0) is 6.61 Å². The number of nitrogens with one attached hydrogen (secondary N) is 1. The fourth-order valence-corrected chi connectivity index (χ4v) is 2.92. The van der Waals surface area contributed by atoms with Gasteiger partial charge in [-0.1, -0.05) is 35.9 Å². The summed E-state index contributed by atoms with van der Waals surface area (Å²) in [6.45, 7) is 4.40. The van der Waals surface area contributed by atoms with Crippen molar-refractivity contribution in [3.05, 3.63) is 94.0 Å². The van der Waals surface area contributed by atoms with Crippen LogP contribution < -0.4 is 10.1 Å². The molecule has 0 atom stereocenters. The van der Waals surface area contributed by atoms with E-state index in [1.807, 2.05) is 50.2 Å². The molecule has 26 heavy (non-hydrogen) atoms. The predicted octanol–water partition coefficient (Wildman–Crippen LogP) is 5.79. The van der Waals surface area contributed by atoms with Crippen molar-refractivity contribution in [1.82, 2.24) is 0 Å². The fraction of sp³-hybridized carbons (Fsp3) is 0.136. The standard InChI is InChI=1S/C22H20ClNO2/c1-15-11-16(2)13-19(12-15)24-22(25)17-7-9-20(10-8-17)26-14-18-5-3-4-6-21(18)23/h3-13H,14H2,1-2H3,(H,24,25). The summed E-state index contributed by atoms with van der Waals surface area (Å²) in [6, 6.07) is 20.6. The van der Waals surface area contributed by atoms with Gasteiger partial charge < -0.3 is 10.1 Å². The van der Waals surface area contributed by atoms with E-state index in [0.717, 1.165) is 22.4 Å². The lowest BCUT2D eigenvalue weighted by Gasteiger charge is -2.10. The average Bonchev–Trinajstić information content (AvgIpc) is 2.60. The summed E-state index contributed by atoms with van der Waals surface area (Å²) < 4.78 is 5.74. The number of hydrogen-bond donors (Lipinski definition) is 1. The van der Waals surface area contributed by atoms with Gasteiger partial charge in [-0.25, -0.2) is 0 Å². The van der Waals surface area contributed by atoms with E-state index in [4.69, 9.17) is 16.3 Å². The first-order chi connectivity index (χ1) is 12.5. The molecular weight excluding hydrogens is 346 g/mol. The summed E-state index contributed by atoms with van der Waals surface area (Å²) in [5.74, 6) is 0.542. The maximum Gasteiger partial charge on any atom is 0.255 e. The highest BCUT2D eigenvalue weighted by molar-refractivity contribution is 6.31. The van der Waals surface area contributed by atoms with Gasteiger partial charge in [-0.2, -0.15) is 0 Å². The van der Waals surface area contributed by atoms with Gasteiger partial charge in [0.1, 0.15) is 12.4 Å². The number of ether oxygens (including phenoxy) is 1. The number of rotatable bonds is 5. The molecule has 0 aliphatic heterocycles. The molecule has 0 fully saturated rings. The van der Waals surface area contributed by atoms with E-state index in [2.05, 4.69) is 11.4 Å². The molecule has 3 aromatic carbocycles. The molecule has 0 saturated carbocycles. The molecule has 0 heterocycles. The Morgan fingerprint density at radius 1 is 0.962 bits per heavy atom. The normalized spacial score (nSPS) is 10.4. The monoisotopic (exact) mass is 365 g/mol. The van der Waals surface area contributed by atoms with Crippen molar-refractivity contribution in [2.45, 2.75) is 20.5 Å². The van der Waals surface area contributed by atoms with E-state index < -0.39 is 0 Å². The molecule has 0 radical (unpaired) electrons. The molecule has 3 nitrogen and oxygen atoms in total. The van der Waals surface area contributed by atoms with Gasteiger partial charge in [0.25, 0.3) is 5.91 Å². The molecule has 0 bridgehead atoms. The molecule has 0 aliphatic rings. The van der Waals surface area contributed by atoms with E-state index in [9.17, 15) is 4.79 Å². The van der Waals surface area contributed by atoms with Crippen molar-refractivity contribution in [2.24, 2.45) is 0 Å². The second-order valence-corrected chi connectivity index (χ2v) is 6.64. The average molecular weight is 366 g/mol. The lowest BCUT2D eigenvalue weighted by Crippen LogP contribution is -2.12. The fourth-order valence-electron chi connectivity index (χ4n) is 2.73. The Kier molecular flexibility index (Phi) is 5.59. The Morgan fingerprint density at radius 2 is 1.62 bits per heavy atom. The lowest BCUT2D eigenvalue weighted by atomic mass is 10.1. The van der Waals surface area contributed by atoms with Gasteiger partial charge in [0.2, 0.25) is 0 Å². The Labute approximate surface area is 158 Å². The zero-order valence-electron chi connectivity index (χ0n) is 14.8. The summed E-state index contributed by atoms with van der Waals surface area (Å²) in [4.78, 5) is 12.4. The molecule has 4 heteroatoms. The number of carbonyl (C=O) groups excluding carboxylic acids is 1. The molecule has 132 valence electrons. The van der Waals surface area contributed by atoms with Crippen molar-refractivity contribution < 1.29 is 9.53 Å². The van der Waals surface area contributed by atoms with Crippen LogP contribution in [0, 0.1) is 13.8 Å². The van der Waals surface area contributed by atoms with Crippen LogP contribution in [0.4, 0.5) is 5.69 Å². The van der Waals surface area contributed by atoms with E-state index >= 15 is 0 Å². The van der Waals surface area contributed by atoms with E-state index in [0.29, 0.717) is 22.9 Å². The van der Waals surface area contributed by atoms with Crippen LogP contribution in [0.1, 0.15) is 27.0 Å². The zero-order valence-corrected chi connectivity index (χ0v) is 15.5. The maximum absolute atomic E-state index is 12.4. The van der Waals surface area contributed by atoms with Gasteiger partial charge in [-0.05, 0) is 67.4 Å². The number of carbonyl (C=O) groups is 1. The SMILES string of the molecule is Cc1cc(C)cc(NC(=O)c2ccc(OCc3ccccc3Cl)cc2)c1. The topological polar surface area (TPSA) is 38.3 Å². The molecule has 0 saturated heterocycles. The molecule has 0 aromatic heterocycles. The second kappa shape index (κ2) is 8.07. The summed E-state index contributed by atoms with van der Waals surface area (Å²) >= 11 is 6.12. The summed E-state index contributed by atoms with van der Waals surface area (Å²) in [5, 5.41) is 3.61. The molecule has 0 spiro atoms. The number of amides is 1. The van der Waals surface area contributed by atoms with Crippen LogP contribution in [-0.4, -0.2) is 5.91 Å². The molecule has 1 N–H and O–H groups in total. The number of hydrogen-bond acceptors (Lipinski definition) is 2. The van der Waals surface area contributed by atoms with E-state index in [-0.39, 0.29) is 5.91 Å². The number of aryl methyl sites for hydroxylation is 2. The van der Waals surface area contributed by atoms with Crippen LogP contribution in [0.5, 0.6) is 5.75 Å². The van der Waals surface area contributed by atoms with Crippen molar-refractivity contribution in [3.8, 4) is 5.75 Å². The van der Waals surface area contributed by atoms with Gasteiger partial charge in [-0.3, -0.25) is 4.79 Å². The molecular formula is C22H20ClNO2. The Bertz CT molecular complexity index is 899. The first-order valence-electron chi connectivity index (χ1n) is 8.37. The highest BCUT2D eigenvalue weighted by atomic mass is 35.5. The largest absolute Gasteiger partial charge is 0.489 e. The predicted molar refractivity (Wildman–Crippen MR) is 106 cm³/mol. The third-order valence-corrected chi connectivity index (χ3v) is 4.32. The Morgan fingerprint density at radius 3 is 2.27 bits per heavy atom. The van der Waals surface area contributed by atoms with Crippen molar-refractivity contribution in [1.29, 1.82) is 0 Å². The third kappa shape index (κ3) is 4.64. The van der Waals surface area contributed by atoms with Crippen molar-refractivity contribution in [2.75, 3.05) is 5.32 Å². The summed E-state index contributed by atoms with van der Waals surface area (Å²) in [7, 11) is 0. The highest BCUT2D eigenvalue weighted by Gasteiger charge is 2.07. The summed E-state index contributed by atoms with van der Waals surface area (Å²) in [6.07, 6.45) is 0. The number of halogens is 1. The van der Waals surface area contributed by atoms with Gasteiger partial charge in [0.15, 0.2) is 0 Å². The summed E-state index contributed by atoms with van der Waals surface area (Å²) in [5.41, 5.74) is 4.53. The van der Waals surface area contributed by atoms with Crippen LogP contribution in [0.2, 0.25) is 5.02 Å². The van der Waals surface area contributed by atoms with Crippen LogP contribution in [0.25, 0.3) is 0 Å². The van der Waals surface area contributed by atoms with Gasteiger partial charge in [-0.15, -0.1) is 0 Å². The first-order valence-corrected chi connectivity index (χ1v) is 8.75. The number of anilines is 1. The van der Waals surface area contributed by atoms with Crippen molar-refractivity contribution in [3.63, 3.8) is 0 Å². The van der Waals surface area contributed by atoms with Crippen LogP contribution in [0.3, 0.4) is 0 Å². The molecule has 0 unspecified atom stereocenters. The Hall–Kier alpha value is -2.78. The van der Waals surface area contributed by atoms with E-state index in [1.54, 1.807) is 24.3 Å². The number of benzene rings is 3. The quantitative estimate of drug-likeness (QED) is 0.621. The minimum absolute atomic E-state index is 0.146. The minimum atomic E-state index is -0.146. The van der Waals surface area contributed by atoms with Gasteiger partial charge >= 0.3 is 0 Å². The molecule has 0 aliphatic carbocycles. The van der Waals surface area contributed by atoms with Gasteiger partial charge in [0.05, 0.1) is 0 Å². The second-order valence-electron chi connectivity index (χ2n) is 6.23. The Balaban J connectivity index is 1.63. The van der Waals surface area contributed by atoms with Crippen LogP contribution in [0.15, 0.2) is 66.7 Å². The smallest absolute Gasteiger partial charge is 0.255 e. The lowest BCUT2D eigenvalue weighted by molar-refractivity contribution is 0.102. The van der Waals surface area contributed by atoms with Crippen molar-refractivity contribution >= 4 is 23.2 Å². The zero-order chi connectivity index (χ0) is 18.5. The highest BCUT2D eigenvalue weighted by Crippen LogP contribution is 2.20. The van der Waals surface area contributed by atoms with Gasteiger partial charge in [0, 0.05) is 21.8 Å². The molecule has 3 aromatic rings. The minimum Gasteiger partial charge on any atom is -0.489 e. The first kappa shape index (κ1) is 18.0. The molecule has 1 amide bonds.